The van der Waals surface area contributed by atoms with Crippen LogP contribution in [0.15, 0.2) is 0 Å². The van der Waals surface area contributed by atoms with Crippen molar-refractivity contribution in [1.29, 1.82) is 0 Å². The number of carbonyl (C=O) groups excluding carboxylic acids is 1. The predicted molar refractivity (Wildman–Crippen MR) is 59.2 cm³/mol. The lowest BCUT2D eigenvalue weighted by molar-refractivity contribution is -0.127. The average molecular weight is 206 g/mol. The third-order valence-electron chi connectivity index (χ3n) is 3.54. The molecule has 0 aliphatic carbocycles. The second-order valence-electron chi connectivity index (χ2n) is 4.50. The highest BCUT2D eigenvalue weighted by Crippen LogP contribution is 2.24. The van der Waals surface area contributed by atoms with E-state index in [1.54, 1.807) is 0 Å². The SMILES string of the molecule is C#CC(=O)N1CCCC(C2CCCN2)C1. The number of amides is 1. The van der Waals surface area contributed by atoms with Crippen LogP contribution in [-0.2, 0) is 4.79 Å². The zero-order valence-electron chi connectivity index (χ0n) is 9.04. The van der Waals surface area contributed by atoms with Crippen molar-refractivity contribution in [1.82, 2.24) is 10.2 Å². The molecular formula is C12H18N2O. The molecule has 0 aromatic heterocycles. The topological polar surface area (TPSA) is 32.3 Å². The van der Waals surface area contributed by atoms with Crippen molar-refractivity contribution in [3.05, 3.63) is 0 Å². The quantitative estimate of drug-likeness (QED) is 0.638. The molecule has 0 aromatic rings. The van der Waals surface area contributed by atoms with Gasteiger partial charge in [-0.2, -0.15) is 0 Å². The predicted octanol–water partition coefficient (Wildman–Crippen LogP) is 0.610. The van der Waals surface area contributed by atoms with Crippen molar-refractivity contribution in [2.24, 2.45) is 5.92 Å². The molecule has 2 aliphatic rings. The van der Waals surface area contributed by atoms with Crippen LogP contribution in [0, 0.1) is 18.3 Å². The molecule has 1 N–H and O–H groups in total. The molecule has 82 valence electrons. The van der Waals surface area contributed by atoms with Gasteiger partial charge in [-0.3, -0.25) is 4.79 Å². The summed E-state index contributed by atoms with van der Waals surface area (Å²) in [5.74, 6) is 2.68. The minimum Gasteiger partial charge on any atom is -0.332 e. The summed E-state index contributed by atoms with van der Waals surface area (Å²) in [6.45, 7) is 2.82. The van der Waals surface area contributed by atoms with E-state index >= 15 is 0 Å². The zero-order valence-corrected chi connectivity index (χ0v) is 9.04. The van der Waals surface area contributed by atoms with Gasteiger partial charge >= 0.3 is 0 Å². The van der Waals surface area contributed by atoms with Gasteiger partial charge in [-0.1, -0.05) is 0 Å². The Labute approximate surface area is 91.2 Å². The fourth-order valence-corrected chi connectivity index (χ4v) is 2.73. The van der Waals surface area contributed by atoms with E-state index in [9.17, 15) is 4.79 Å². The Kier molecular flexibility index (Phi) is 3.27. The fourth-order valence-electron chi connectivity index (χ4n) is 2.73. The van der Waals surface area contributed by atoms with Gasteiger partial charge in [0, 0.05) is 19.1 Å². The molecule has 2 unspecified atom stereocenters. The molecular weight excluding hydrogens is 188 g/mol. The summed E-state index contributed by atoms with van der Waals surface area (Å²) in [4.78, 5) is 13.2. The molecule has 2 saturated heterocycles. The molecule has 1 amide bonds. The van der Waals surface area contributed by atoms with Gasteiger partial charge < -0.3 is 10.2 Å². The minimum absolute atomic E-state index is 0.141. The molecule has 0 saturated carbocycles. The number of hydrogen-bond acceptors (Lipinski definition) is 2. The van der Waals surface area contributed by atoms with Crippen LogP contribution >= 0.6 is 0 Å². The van der Waals surface area contributed by atoms with Gasteiger partial charge in [0.2, 0.25) is 0 Å². The van der Waals surface area contributed by atoms with Gasteiger partial charge in [-0.05, 0) is 44.1 Å². The fraction of sp³-hybridized carbons (Fsp3) is 0.750. The number of nitrogens with zero attached hydrogens (tertiary/aromatic N) is 1. The van der Waals surface area contributed by atoms with Gasteiger partial charge in [0.25, 0.3) is 5.91 Å². The van der Waals surface area contributed by atoms with Crippen molar-refractivity contribution in [2.45, 2.75) is 31.7 Å². The van der Waals surface area contributed by atoms with Crippen LogP contribution in [0.5, 0.6) is 0 Å². The highest BCUT2D eigenvalue weighted by molar-refractivity contribution is 5.92. The second-order valence-corrected chi connectivity index (χ2v) is 4.50. The third-order valence-corrected chi connectivity index (χ3v) is 3.54. The Hall–Kier alpha value is -1.01. The standard InChI is InChI=1S/C12H18N2O/c1-2-12(15)14-8-4-5-10(9-14)11-6-3-7-13-11/h1,10-11,13H,3-9H2. The minimum atomic E-state index is -0.141. The Morgan fingerprint density at radius 1 is 1.40 bits per heavy atom. The molecule has 2 rings (SSSR count). The van der Waals surface area contributed by atoms with Crippen molar-refractivity contribution in [2.75, 3.05) is 19.6 Å². The lowest BCUT2D eigenvalue weighted by Crippen LogP contribution is -2.45. The first-order valence-corrected chi connectivity index (χ1v) is 5.80. The summed E-state index contributed by atoms with van der Waals surface area (Å²) >= 11 is 0. The first-order valence-electron chi connectivity index (χ1n) is 5.80. The van der Waals surface area contributed by atoms with E-state index in [1.165, 1.54) is 19.3 Å². The summed E-state index contributed by atoms with van der Waals surface area (Å²) in [6.07, 6.45) is 9.99. The van der Waals surface area contributed by atoms with Crippen molar-refractivity contribution in [3.63, 3.8) is 0 Å². The zero-order chi connectivity index (χ0) is 10.7. The van der Waals surface area contributed by atoms with Crippen LogP contribution in [0.1, 0.15) is 25.7 Å². The van der Waals surface area contributed by atoms with E-state index < -0.39 is 0 Å². The van der Waals surface area contributed by atoms with Crippen LogP contribution < -0.4 is 5.32 Å². The summed E-state index contributed by atoms with van der Waals surface area (Å²) in [5.41, 5.74) is 0. The first-order chi connectivity index (χ1) is 7.31. The molecule has 0 spiro atoms. The van der Waals surface area contributed by atoms with Crippen LogP contribution in [0.25, 0.3) is 0 Å². The number of rotatable bonds is 1. The Balaban J connectivity index is 1.92. The monoisotopic (exact) mass is 206 g/mol. The average Bonchev–Trinajstić information content (AvgIpc) is 2.82. The summed E-state index contributed by atoms with van der Waals surface area (Å²) in [7, 11) is 0. The van der Waals surface area contributed by atoms with Crippen molar-refractivity contribution in [3.8, 4) is 12.3 Å². The Morgan fingerprint density at radius 2 is 2.27 bits per heavy atom. The summed E-state index contributed by atoms with van der Waals surface area (Å²) in [6, 6.07) is 0.610. The van der Waals surface area contributed by atoms with E-state index in [0.717, 1.165) is 26.1 Å². The Bertz CT molecular complexity index is 276. The number of carbonyl (C=O) groups is 1. The van der Waals surface area contributed by atoms with E-state index in [-0.39, 0.29) is 5.91 Å². The molecule has 0 aromatic carbocycles. The van der Waals surface area contributed by atoms with E-state index in [1.807, 2.05) is 4.90 Å². The highest BCUT2D eigenvalue weighted by atomic mass is 16.2. The molecule has 2 fully saturated rings. The van der Waals surface area contributed by atoms with Crippen LogP contribution in [0.2, 0.25) is 0 Å². The molecule has 2 heterocycles. The highest BCUT2D eigenvalue weighted by Gasteiger charge is 2.30. The normalized spacial score (nSPS) is 31.3. The van der Waals surface area contributed by atoms with Crippen LogP contribution in [-0.4, -0.2) is 36.5 Å². The van der Waals surface area contributed by atoms with E-state index in [2.05, 4.69) is 11.2 Å². The van der Waals surface area contributed by atoms with Crippen molar-refractivity contribution < 1.29 is 4.79 Å². The molecule has 2 aliphatic heterocycles. The van der Waals surface area contributed by atoms with Gasteiger partial charge in [-0.15, -0.1) is 6.42 Å². The number of nitrogens with one attached hydrogen (secondary N) is 1. The largest absolute Gasteiger partial charge is 0.332 e. The van der Waals surface area contributed by atoms with E-state index in [0.29, 0.717) is 12.0 Å². The molecule has 0 radical (unpaired) electrons. The number of likely N-dealkylation sites (tertiary alicyclic amines) is 1. The van der Waals surface area contributed by atoms with Crippen molar-refractivity contribution >= 4 is 5.91 Å². The van der Waals surface area contributed by atoms with Gasteiger partial charge in [0.05, 0.1) is 0 Å². The molecule has 3 heteroatoms. The van der Waals surface area contributed by atoms with Crippen LogP contribution in [0.3, 0.4) is 0 Å². The number of hydrogen-bond donors (Lipinski definition) is 1. The molecule has 0 bridgehead atoms. The van der Waals surface area contributed by atoms with Gasteiger partial charge in [0.15, 0.2) is 0 Å². The number of terminal acetylenes is 1. The maximum atomic E-state index is 11.4. The van der Waals surface area contributed by atoms with E-state index in [4.69, 9.17) is 6.42 Å². The smallest absolute Gasteiger partial charge is 0.298 e. The van der Waals surface area contributed by atoms with Gasteiger partial charge in [-0.25, -0.2) is 0 Å². The summed E-state index contributed by atoms with van der Waals surface area (Å²) < 4.78 is 0. The van der Waals surface area contributed by atoms with Crippen LogP contribution in [0.4, 0.5) is 0 Å². The molecule has 2 atom stereocenters. The molecule has 3 nitrogen and oxygen atoms in total. The first kappa shape index (κ1) is 10.5. The maximum absolute atomic E-state index is 11.4. The lowest BCUT2D eigenvalue weighted by atomic mass is 9.90. The number of piperidine rings is 1. The lowest BCUT2D eigenvalue weighted by Gasteiger charge is -2.34. The maximum Gasteiger partial charge on any atom is 0.298 e. The Morgan fingerprint density at radius 3 is 2.93 bits per heavy atom. The summed E-state index contributed by atoms with van der Waals surface area (Å²) in [5, 5.41) is 3.51. The second kappa shape index (κ2) is 4.67. The third kappa shape index (κ3) is 2.32. The molecule has 15 heavy (non-hydrogen) atoms. The van der Waals surface area contributed by atoms with Gasteiger partial charge in [0.1, 0.15) is 0 Å².